The number of aliphatic hydroxyl groups excluding tert-OH is 1. The van der Waals surface area contributed by atoms with Crippen molar-refractivity contribution in [2.45, 2.75) is 18.9 Å². The van der Waals surface area contributed by atoms with Gasteiger partial charge in [-0.2, -0.15) is 5.26 Å². The van der Waals surface area contributed by atoms with Gasteiger partial charge in [0, 0.05) is 6.07 Å². The predicted octanol–water partition coefficient (Wildman–Crippen LogP) is 2.43. The number of nitrogens with zero attached hydrogens (tertiary/aromatic N) is 2. The van der Waals surface area contributed by atoms with Crippen LogP contribution in [0.5, 0.6) is 5.88 Å². The Morgan fingerprint density at radius 1 is 1.19 bits per heavy atom. The van der Waals surface area contributed by atoms with E-state index in [9.17, 15) is 10.4 Å². The Labute approximate surface area is 123 Å². The van der Waals surface area contributed by atoms with Gasteiger partial charge in [-0.3, -0.25) is 0 Å². The van der Waals surface area contributed by atoms with Gasteiger partial charge in [0.05, 0.1) is 24.3 Å². The third kappa shape index (κ3) is 2.26. The lowest BCUT2D eigenvalue weighted by atomic mass is 9.79. The molecule has 1 aliphatic rings. The zero-order valence-electron chi connectivity index (χ0n) is 11.8. The second kappa shape index (κ2) is 5.19. The van der Waals surface area contributed by atoms with Gasteiger partial charge in [-0.25, -0.2) is 4.98 Å². The first-order valence-electron chi connectivity index (χ1n) is 6.85. The molecule has 1 aromatic carbocycles. The molecule has 1 aromatic heterocycles. The van der Waals surface area contributed by atoms with Crippen LogP contribution in [0, 0.1) is 16.7 Å². The molecule has 106 valence electrons. The van der Waals surface area contributed by atoms with Crippen molar-refractivity contribution in [1.29, 1.82) is 5.26 Å². The Morgan fingerprint density at radius 3 is 2.43 bits per heavy atom. The molecule has 21 heavy (non-hydrogen) atoms. The molecule has 2 aromatic rings. The molecule has 0 saturated heterocycles. The average Bonchev–Trinajstić information content (AvgIpc) is 2.94. The summed E-state index contributed by atoms with van der Waals surface area (Å²) in [4.78, 5) is 4.27. The summed E-state index contributed by atoms with van der Waals surface area (Å²) in [6.45, 7) is 0. The molecule has 4 nitrogen and oxygen atoms in total. The second-order valence-corrected chi connectivity index (χ2v) is 5.40. The minimum Gasteiger partial charge on any atom is -0.481 e. The number of aromatic nitrogens is 1. The van der Waals surface area contributed by atoms with Crippen molar-refractivity contribution in [3.05, 3.63) is 59.3 Å². The molecule has 1 aliphatic carbocycles. The number of fused-ring (bicyclic) bond motifs is 1. The fourth-order valence-electron chi connectivity index (χ4n) is 2.96. The molecule has 0 saturated carbocycles. The zero-order valence-corrected chi connectivity index (χ0v) is 11.8. The van der Waals surface area contributed by atoms with E-state index in [1.54, 1.807) is 18.2 Å². The highest BCUT2D eigenvalue weighted by molar-refractivity contribution is 5.39. The van der Waals surface area contributed by atoms with Gasteiger partial charge < -0.3 is 9.84 Å². The van der Waals surface area contributed by atoms with Gasteiger partial charge in [-0.05, 0) is 30.0 Å². The van der Waals surface area contributed by atoms with E-state index >= 15 is 0 Å². The Kier molecular flexibility index (Phi) is 3.36. The summed E-state index contributed by atoms with van der Waals surface area (Å²) in [7, 11) is 1.53. The van der Waals surface area contributed by atoms with Crippen LogP contribution >= 0.6 is 0 Å². The molecule has 1 heterocycles. The summed E-state index contributed by atoms with van der Waals surface area (Å²) in [5.74, 6) is 0.440. The fraction of sp³-hybridized carbons (Fsp3) is 0.294. The number of pyridine rings is 1. The van der Waals surface area contributed by atoms with Crippen LogP contribution < -0.4 is 4.74 Å². The SMILES string of the molecule is COc1cccc(C(O)C2(C#N)Cc3ccccc3C2)n1. The van der Waals surface area contributed by atoms with Gasteiger partial charge in [-0.15, -0.1) is 0 Å². The van der Waals surface area contributed by atoms with Gasteiger partial charge in [0.1, 0.15) is 6.10 Å². The largest absolute Gasteiger partial charge is 0.481 e. The number of hydrogen-bond acceptors (Lipinski definition) is 4. The number of methoxy groups -OCH3 is 1. The lowest BCUT2D eigenvalue weighted by Crippen LogP contribution is -2.29. The number of nitriles is 1. The standard InChI is InChI=1S/C17H16N2O2/c1-21-15-8-4-7-14(19-15)16(20)17(11-18)9-12-5-2-3-6-13(12)10-17/h2-8,16,20H,9-10H2,1H3. The van der Waals surface area contributed by atoms with E-state index < -0.39 is 11.5 Å². The summed E-state index contributed by atoms with van der Waals surface area (Å²) in [5.41, 5.74) is 1.87. The Balaban J connectivity index is 1.96. The van der Waals surface area contributed by atoms with E-state index in [4.69, 9.17) is 4.74 Å². The molecule has 0 radical (unpaired) electrons. The monoisotopic (exact) mass is 280 g/mol. The van der Waals surface area contributed by atoms with E-state index in [0.29, 0.717) is 24.4 Å². The van der Waals surface area contributed by atoms with Crippen LogP contribution in [0.3, 0.4) is 0 Å². The third-order valence-electron chi connectivity index (χ3n) is 4.11. The lowest BCUT2D eigenvalue weighted by molar-refractivity contribution is 0.0650. The van der Waals surface area contributed by atoms with Crippen molar-refractivity contribution in [3.63, 3.8) is 0 Å². The number of hydrogen-bond donors (Lipinski definition) is 1. The van der Waals surface area contributed by atoms with Crippen LogP contribution in [-0.4, -0.2) is 17.2 Å². The number of rotatable bonds is 3. The molecule has 0 aliphatic heterocycles. The van der Waals surface area contributed by atoms with Crippen LogP contribution in [0.25, 0.3) is 0 Å². The number of ether oxygens (including phenoxy) is 1. The summed E-state index contributed by atoms with van der Waals surface area (Å²) >= 11 is 0. The van der Waals surface area contributed by atoms with Crippen molar-refractivity contribution in [2.75, 3.05) is 7.11 Å². The average molecular weight is 280 g/mol. The molecule has 0 bridgehead atoms. The first-order chi connectivity index (χ1) is 10.2. The van der Waals surface area contributed by atoms with E-state index in [1.807, 2.05) is 24.3 Å². The molecule has 0 spiro atoms. The van der Waals surface area contributed by atoms with Crippen molar-refractivity contribution in [3.8, 4) is 11.9 Å². The Morgan fingerprint density at radius 2 is 1.86 bits per heavy atom. The van der Waals surface area contributed by atoms with Crippen LogP contribution in [0.15, 0.2) is 42.5 Å². The molecule has 1 unspecified atom stereocenters. The van der Waals surface area contributed by atoms with Crippen molar-refractivity contribution >= 4 is 0 Å². The highest BCUT2D eigenvalue weighted by Crippen LogP contribution is 2.45. The van der Waals surface area contributed by atoms with Gasteiger partial charge in [-0.1, -0.05) is 30.3 Å². The van der Waals surface area contributed by atoms with E-state index in [-0.39, 0.29) is 0 Å². The highest BCUT2D eigenvalue weighted by Gasteiger charge is 2.45. The summed E-state index contributed by atoms with van der Waals surface area (Å²) in [5, 5.41) is 20.4. The van der Waals surface area contributed by atoms with Crippen molar-refractivity contribution < 1.29 is 9.84 Å². The van der Waals surface area contributed by atoms with Gasteiger partial charge >= 0.3 is 0 Å². The smallest absolute Gasteiger partial charge is 0.213 e. The van der Waals surface area contributed by atoms with E-state index in [2.05, 4.69) is 11.1 Å². The van der Waals surface area contributed by atoms with E-state index in [1.165, 1.54) is 7.11 Å². The summed E-state index contributed by atoms with van der Waals surface area (Å²) < 4.78 is 5.09. The van der Waals surface area contributed by atoms with Crippen molar-refractivity contribution in [1.82, 2.24) is 4.98 Å². The maximum absolute atomic E-state index is 10.7. The number of benzene rings is 1. The second-order valence-electron chi connectivity index (χ2n) is 5.40. The predicted molar refractivity (Wildman–Crippen MR) is 77.6 cm³/mol. The lowest BCUT2D eigenvalue weighted by Gasteiger charge is -2.26. The van der Waals surface area contributed by atoms with E-state index in [0.717, 1.165) is 11.1 Å². The minimum absolute atomic E-state index is 0.440. The van der Waals surface area contributed by atoms with Crippen LogP contribution in [0.1, 0.15) is 22.9 Å². The molecular formula is C17H16N2O2. The molecular weight excluding hydrogens is 264 g/mol. The Hall–Kier alpha value is -2.38. The first kappa shape index (κ1) is 13.6. The van der Waals surface area contributed by atoms with Crippen molar-refractivity contribution in [2.24, 2.45) is 5.41 Å². The zero-order chi connectivity index (χ0) is 14.9. The topological polar surface area (TPSA) is 66.1 Å². The molecule has 1 N–H and O–H groups in total. The molecule has 3 rings (SSSR count). The fourth-order valence-corrected chi connectivity index (χ4v) is 2.96. The molecule has 4 heteroatoms. The maximum Gasteiger partial charge on any atom is 0.213 e. The van der Waals surface area contributed by atoms with Crippen LogP contribution in [-0.2, 0) is 12.8 Å². The third-order valence-corrected chi connectivity index (χ3v) is 4.11. The van der Waals surface area contributed by atoms with Gasteiger partial charge in [0.2, 0.25) is 5.88 Å². The molecule has 0 amide bonds. The van der Waals surface area contributed by atoms with Gasteiger partial charge in [0.25, 0.3) is 0 Å². The normalized spacial score (nSPS) is 16.8. The molecule has 1 atom stereocenters. The Bertz CT molecular complexity index is 681. The highest BCUT2D eigenvalue weighted by atomic mass is 16.5. The summed E-state index contributed by atoms with van der Waals surface area (Å²) in [6, 6.07) is 15.5. The quantitative estimate of drug-likeness (QED) is 0.937. The first-order valence-corrected chi connectivity index (χ1v) is 6.85. The summed E-state index contributed by atoms with van der Waals surface area (Å²) in [6.07, 6.45) is 0.143. The van der Waals surface area contributed by atoms with Crippen LogP contribution in [0.4, 0.5) is 0 Å². The van der Waals surface area contributed by atoms with Gasteiger partial charge in [0.15, 0.2) is 0 Å². The molecule has 0 fully saturated rings. The van der Waals surface area contributed by atoms with Crippen LogP contribution in [0.2, 0.25) is 0 Å². The number of aliphatic hydroxyl groups is 1. The maximum atomic E-state index is 10.7. The minimum atomic E-state index is -0.940.